The van der Waals surface area contributed by atoms with Gasteiger partial charge in [-0.1, -0.05) is 35.5 Å². The summed E-state index contributed by atoms with van der Waals surface area (Å²) in [6.45, 7) is 0.727. The van der Waals surface area contributed by atoms with Crippen LogP contribution in [0.15, 0.2) is 54.7 Å². The van der Waals surface area contributed by atoms with E-state index in [9.17, 15) is 4.79 Å². The molecule has 2 aromatic heterocycles. The lowest BCUT2D eigenvalue weighted by atomic mass is 10.1. The standard InChI is InChI=1S/C17H15N7O/c25-17(19-16-11-18-22-21-16)13-6-7-15-14(10-13)20-23-24(15)9-8-12-4-2-1-3-5-12/h1-7,10-11H,8-9H2,(H2,18,19,21,22,25). The van der Waals surface area contributed by atoms with Crippen molar-refractivity contribution >= 4 is 22.8 Å². The van der Waals surface area contributed by atoms with Gasteiger partial charge in [0.1, 0.15) is 5.52 Å². The van der Waals surface area contributed by atoms with Crippen LogP contribution >= 0.6 is 0 Å². The zero-order valence-corrected chi connectivity index (χ0v) is 13.3. The van der Waals surface area contributed by atoms with Crippen LogP contribution in [-0.2, 0) is 13.0 Å². The molecular weight excluding hydrogens is 318 g/mol. The van der Waals surface area contributed by atoms with Gasteiger partial charge in [0.25, 0.3) is 5.91 Å². The van der Waals surface area contributed by atoms with Gasteiger partial charge in [-0.05, 0) is 30.2 Å². The van der Waals surface area contributed by atoms with Crippen molar-refractivity contribution in [1.29, 1.82) is 0 Å². The minimum Gasteiger partial charge on any atom is -0.304 e. The highest BCUT2D eigenvalue weighted by molar-refractivity contribution is 6.05. The Labute approximate surface area is 142 Å². The Kier molecular flexibility index (Phi) is 3.91. The summed E-state index contributed by atoms with van der Waals surface area (Å²) >= 11 is 0. The fourth-order valence-corrected chi connectivity index (χ4v) is 2.61. The molecule has 0 atom stereocenters. The van der Waals surface area contributed by atoms with Gasteiger partial charge in [-0.25, -0.2) is 4.68 Å². The second-order valence-electron chi connectivity index (χ2n) is 5.56. The van der Waals surface area contributed by atoms with Gasteiger partial charge >= 0.3 is 0 Å². The number of amides is 1. The Balaban J connectivity index is 1.51. The maximum absolute atomic E-state index is 12.2. The van der Waals surface area contributed by atoms with E-state index in [0.29, 0.717) is 16.9 Å². The van der Waals surface area contributed by atoms with Gasteiger partial charge in [-0.2, -0.15) is 10.3 Å². The van der Waals surface area contributed by atoms with Gasteiger partial charge in [-0.15, -0.1) is 10.2 Å². The molecule has 0 aliphatic heterocycles. The van der Waals surface area contributed by atoms with Crippen LogP contribution in [0.2, 0.25) is 0 Å². The number of carbonyl (C=O) groups excluding carboxylic acids is 1. The number of hydrogen-bond acceptors (Lipinski definition) is 5. The van der Waals surface area contributed by atoms with Crippen LogP contribution in [0.25, 0.3) is 11.0 Å². The number of nitrogens with one attached hydrogen (secondary N) is 2. The van der Waals surface area contributed by atoms with Gasteiger partial charge in [0.05, 0.1) is 11.7 Å². The number of nitrogens with zero attached hydrogens (tertiary/aromatic N) is 5. The van der Waals surface area contributed by atoms with E-state index in [0.717, 1.165) is 18.5 Å². The summed E-state index contributed by atoms with van der Waals surface area (Å²) in [6, 6.07) is 15.6. The minimum absolute atomic E-state index is 0.269. The molecule has 4 rings (SSSR count). The third-order valence-corrected chi connectivity index (χ3v) is 3.89. The topological polar surface area (TPSA) is 101 Å². The van der Waals surface area contributed by atoms with Gasteiger partial charge in [0.2, 0.25) is 0 Å². The fraction of sp³-hybridized carbons (Fsp3) is 0.118. The molecule has 0 fully saturated rings. The zero-order chi connectivity index (χ0) is 17.1. The van der Waals surface area contributed by atoms with E-state index >= 15 is 0 Å². The van der Waals surface area contributed by atoms with Gasteiger partial charge in [0, 0.05) is 12.1 Å². The lowest BCUT2D eigenvalue weighted by molar-refractivity contribution is 0.102. The predicted octanol–water partition coefficient (Wildman–Crippen LogP) is 2.04. The molecule has 124 valence electrons. The summed E-state index contributed by atoms with van der Waals surface area (Å²) in [7, 11) is 0. The number of rotatable bonds is 5. The van der Waals surface area contributed by atoms with E-state index in [-0.39, 0.29) is 5.91 Å². The number of aromatic nitrogens is 6. The Morgan fingerprint density at radius 3 is 2.84 bits per heavy atom. The molecular formula is C17H15N7O. The van der Waals surface area contributed by atoms with Crippen LogP contribution < -0.4 is 5.32 Å². The van der Waals surface area contributed by atoms with E-state index in [4.69, 9.17) is 0 Å². The van der Waals surface area contributed by atoms with Gasteiger partial charge in [-0.3, -0.25) is 4.79 Å². The number of hydrogen-bond donors (Lipinski definition) is 2. The van der Waals surface area contributed by atoms with Crippen LogP contribution in [0, 0.1) is 0 Å². The molecule has 0 radical (unpaired) electrons. The average Bonchev–Trinajstić information content (AvgIpc) is 3.30. The number of benzene rings is 2. The number of H-pyrrole nitrogens is 1. The number of aryl methyl sites for hydroxylation is 2. The molecule has 0 saturated heterocycles. The molecule has 2 heterocycles. The van der Waals surface area contributed by atoms with Crippen LogP contribution in [0.1, 0.15) is 15.9 Å². The van der Waals surface area contributed by atoms with Gasteiger partial charge in [0.15, 0.2) is 5.82 Å². The normalized spacial score (nSPS) is 10.9. The lowest BCUT2D eigenvalue weighted by Crippen LogP contribution is -2.12. The van der Waals surface area contributed by atoms with Crippen LogP contribution in [0.3, 0.4) is 0 Å². The number of anilines is 1. The molecule has 8 heteroatoms. The van der Waals surface area contributed by atoms with E-state index in [2.05, 4.69) is 43.2 Å². The van der Waals surface area contributed by atoms with Crippen molar-refractivity contribution in [2.45, 2.75) is 13.0 Å². The van der Waals surface area contributed by atoms with Crippen molar-refractivity contribution in [3.63, 3.8) is 0 Å². The second-order valence-corrected chi connectivity index (χ2v) is 5.56. The summed E-state index contributed by atoms with van der Waals surface area (Å²) in [5, 5.41) is 20.9. The third-order valence-electron chi connectivity index (χ3n) is 3.89. The number of carbonyl (C=O) groups is 1. The quantitative estimate of drug-likeness (QED) is 0.582. The summed E-state index contributed by atoms with van der Waals surface area (Å²) in [5.74, 6) is 0.103. The molecule has 1 amide bonds. The van der Waals surface area contributed by atoms with Crippen molar-refractivity contribution in [1.82, 2.24) is 30.4 Å². The second kappa shape index (κ2) is 6.52. The van der Waals surface area contributed by atoms with Crippen molar-refractivity contribution in [3.05, 3.63) is 65.9 Å². The monoisotopic (exact) mass is 333 g/mol. The first kappa shape index (κ1) is 15.0. The molecule has 0 saturated carbocycles. The number of fused-ring (bicyclic) bond motifs is 1. The van der Waals surface area contributed by atoms with Crippen LogP contribution in [0.4, 0.5) is 5.82 Å². The summed E-state index contributed by atoms with van der Waals surface area (Å²) in [5.41, 5.74) is 3.31. The maximum atomic E-state index is 12.2. The molecule has 25 heavy (non-hydrogen) atoms. The summed E-state index contributed by atoms with van der Waals surface area (Å²) in [4.78, 5) is 12.2. The van der Waals surface area contributed by atoms with Crippen molar-refractivity contribution in [2.24, 2.45) is 0 Å². The largest absolute Gasteiger partial charge is 0.304 e. The van der Waals surface area contributed by atoms with Crippen LogP contribution in [-0.4, -0.2) is 36.3 Å². The van der Waals surface area contributed by atoms with E-state index in [1.165, 1.54) is 11.8 Å². The first-order valence-corrected chi connectivity index (χ1v) is 7.84. The van der Waals surface area contributed by atoms with Crippen molar-refractivity contribution in [3.8, 4) is 0 Å². The first-order valence-electron chi connectivity index (χ1n) is 7.84. The minimum atomic E-state index is -0.269. The van der Waals surface area contributed by atoms with E-state index < -0.39 is 0 Å². The Morgan fingerprint density at radius 1 is 1.16 bits per heavy atom. The van der Waals surface area contributed by atoms with Crippen LogP contribution in [0.5, 0.6) is 0 Å². The highest BCUT2D eigenvalue weighted by Crippen LogP contribution is 2.15. The zero-order valence-electron chi connectivity index (χ0n) is 13.3. The summed E-state index contributed by atoms with van der Waals surface area (Å²) < 4.78 is 1.85. The SMILES string of the molecule is O=C(Nc1cn[nH]n1)c1ccc2c(c1)nnn2CCc1ccccc1. The van der Waals surface area contributed by atoms with Crippen molar-refractivity contribution in [2.75, 3.05) is 5.32 Å². The highest BCUT2D eigenvalue weighted by atomic mass is 16.1. The molecule has 0 bridgehead atoms. The van der Waals surface area contributed by atoms with Gasteiger partial charge < -0.3 is 5.32 Å². The Morgan fingerprint density at radius 2 is 2.04 bits per heavy atom. The maximum Gasteiger partial charge on any atom is 0.256 e. The third kappa shape index (κ3) is 3.23. The summed E-state index contributed by atoms with van der Waals surface area (Å²) in [6.07, 6.45) is 2.31. The fourth-order valence-electron chi connectivity index (χ4n) is 2.61. The lowest BCUT2D eigenvalue weighted by Gasteiger charge is -2.04. The molecule has 0 aliphatic carbocycles. The average molecular weight is 333 g/mol. The molecule has 2 aromatic carbocycles. The van der Waals surface area contributed by atoms with Crippen molar-refractivity contribution < 1.29 is 4.79 Å². The molecule has 0 aliphatic rings. The smallest absolute Gasteiger partial charge is 0.256 e. The number of aromatic amines is 1. The Hall–Kier alpha value is -3.55. The molecule has 4 aromatic rings. The Bertz CT molecular complexity index is 992. The van der Waals surface area contributed by atoms with E-state index in [1.807, 2.05) is 28.9 Å². The molecule has 0 unspecified atom stereocenters. The molecule has 8 nitrogen and oxygen atoms in total. The molecule has 0 spiro atoms. The first-order chi connectivity index (χ1) is 12.3. The molecule has 2 N–H and O–H groups in total. The predicted molar refractivity (Wildman–Crippen MR) is 92.0 cm³/mol. The highest BCUT2D eigenvalue weighted by Gasteiger charge is 2.11. The van der Waals surface area contributed by atoms with E-state index in [1.54, 1.807) is 12.1 Å².